The Morgan fingerprint density at radius 1 is 1.04 bits per heavy atom. The summed E-state index contributed by atoms with van der Waals surface area (Å²) in [6, 6.07) is 17.3. The maximum atomic E-state index is 5.54. The van der Waals surface area contributed by atoms with Crippen molar-refractivity contribution in [2.75, 3.05) is 36.5 Å². The van der Waals surface area contributed by atoms with Crippen LogP contribution < -0.4 is 14.5 Å². The third kappa shape index (κ3) is 3.60. The summed E-state index contributed by atoms with van der Waals surface area (Å²) in [7, 11) is 1.65. The fraction of sp³-hybridized carbons (Fsp3) is 0.333. The lowest BCUT2D eigenvalue weighted by Gasteiger charge is -2.40. The van der Waals surface area contributed by atoms with Gasteiger partial charge in [-0.25, -0.2) is 0 Å². The first-order chi connectivity index (χ1) is 13.1. The minimum Gasteiger partial charge on any atom is -0.497 e. The van der Waals surface area contributed by atoms with E-state index in [9.17, 15) is 0 Å². The number of rotatable bonds is 4. The fourth-order valence-electron chi connectivity index (χ4n) is 3.45. The maximum absolute atomic E-state index is 5.54. The third-order valence-electron chi connectivity index (χ3n) is 5.03. The van der Waals surface area contributed by atoms with Crippen LogP contribution >= 0.6 is 0 Å². The smallest absolute Gasteiger partial charge is 0.324 e. The van der Waals surface area contributed by atoms with Crippen LogP contribution in [0, 0.1) is 6.92 Å². The Labute approximate surface area is 159 Å². The highest BCUT2D eigenvalue weighted by Gasteiger charge is 2.27. The molecule has 1 fully saturated rings. The molecule has 3 aromatic rings. The van der Waals surface area contributed by atoms with Gasteiger partial charge in [-0.1, -0.05) is 22.9 Å². The number of aryl methyl sites for hydroxylation is 1. The van der Waals surface area contributed by atoms with Crippen molar-refractivity contribution >= 4 is 11.7 Å². The van der Waals surface area contributed by atoms with E-state index in [0.29, 0.717) is 17.9 Å². The molecule has 0 spiro atoms. The molecular weight excluding hydrogens is 340 g/mol. The van der Waals surface area contributed by atoms with Gasteiger partial charge in [0.25, 0.3) is 0 Å². The Kier molecular flexibility index (Phi) is 4.71. The van der Waals surface area contributed by atoms with Gasteiger partial charge in [-0.2, -0.15) is 4.98 Å². The Hall–Kier alpha value is -3.02. The molecule has 1 aliphatic rings. The van der Waals surface area contributed by atoms with Gasteiger partial charge >= 0.3 is 6.01 Å². The largest absolute Gasteiger partial charge is 0.497 e. The van der Waals surface area contributed by atoms with Gasteiger partial charge in [-0.15, -0.1) is 0 Å². The van der Waals surface area contributed by atoms with E-state index in [1.165, 1.54) is 11.3 Å². The highest BCUT2D eigenvalue weighted by Crippen LogP contribution is 2.26. The SMILES string of the molecule is COc1ccc(-c2noc(N3CCN(c4ccc(C)cc4)[C@@H](C)C3)n2)cc1. The van der Waals surface area contributed by atoms with Gasteiger partial charge in [0, 0.05) is 36.9 Å². The second-order valence-corrected chi connectivity index (χ2v) is 6.95. The molecule has 1 saturated heterocycles. The predicted molar refractivity (Wildman–Crippen MR) is 106 cm³/mol. The number of nitrogens with zero attached hydrogens (tertiary/aromatic N) is 4. The summed E-state index contributed by atoms with van der Waals surface area (Å²) in [6.07, 6.45) is 0. The Morgan fingerprint density at radius 3 is 2.44 bits per heavy atom. The molecule has 4 rings (SSSR count). The average molecular weight is 364 g/mol. The minimum atomic E-state index is 0.359. The van der Waals surface area contributed by atoms with Crippen molar-refractivity contribution < 1.29 is 9.26 Å². The van der Waals surface area contributed by atoms with Crippen molar-refractivity contribution in [3.05, 3.63) is 54.1 Å². The van der Waals surface area contributed by atoms with E-state index in [4.69, 9.17) is 9.26 Å². The molecule has 27 heavy (non-hydrogen) atoms. The number of aromatic nitrogens is 2. The summed E-state index contributed by atoms with van der Waals surface area (Å²) >= 11 is 0. The highest BCUT2D eigenvalue weighted by atomic mass is 16.5. The molecule has 6 nitrogen and oxygen atoms in total. The molecule has 0 aliphatic carbocycles. The van der Waals surface area contributed by atoms with E-state index in [1.807, 2.05) is 24.3 Å². The minimum absolute atomic E-state index is 0.359. The summed E-state index contributed by atoms with van der Waals surface area (Å²) in [5, 5.41) is 4.15. The van der Waals surface area contributed by atoms with Crippen molar-refractivity contribution in [1.29, 1.82) is 0 Å². The highest BCUT2D eigenvalue weighted by molar-refractivity contribution is 5.57. The number of hydrogen-bond acceptors (Lipinski definition) is 6. The van der Waals surface area contributed by atoms with Crippen LogP contribution in [0.3, 0.4) is 0 Å². The first kappa shape index (κ1) is 17.4. The molecule has 2 aromatic carbocycles. The van der Waals surface area contributed by atoms with Gasteiger partial charge in [0.2, 0.25) is 5.82 Å². The van der Waals surface area contributed by atoms with Crippen LogP contribution in [0.15, 0.2) is 53.1 Å². The molecular formula is C21H24N4O2. The molecule has 0 N–H and O–H groups in total. The maximum Gasteiger partial charge on any atom is 0.324 e. The van der Waals surface area contributed by atoms with Gasteiger partial charge in [-0.3, -0.25) is 0 Å². The van der Waals surface area contributed by atoms with Crippen LogP contribution in [-0.4, -0.2) is 42.9 Å². The van der Waals surface area contributed by atoms with Crippen LogP contribution in [0.1, 0.15) is 12.5 Å². The van der Waals surface area contributed by atoms with Crippen molar-refractivity contribution in [2.45, 2.75) is 19.9 Å². The lowest BCUT2D eigenvalue weighted by molar-refractivity contribution is 0.401. The zero-order valence-electron chi connectivity index (χ0n) is 15.9. The quantitative estimate of drug-likeness (QED) is 0.702. The fourth-order valence-corrected chi connectivity index (χ4v) is 3.45. The first-order valence-corrected chi connectivity index (χ1v) is 9.20. The van der Waals surface area contributed by atoms with E-state index in [2.05, 4.69) is 58.1 Å². The number of hydrogen-bond donors (Lipinski definition) is 0. The van der Waals surface area contributed by atoms with Crippen molar-refractivity contribution in [1.82, 2.24) is 10.1 Å². The molecule has 0 saturated carbocycles. The predicted octanol–water partition coefficient (Wildman–Crippen LogP) is 3.77. The number of piperazine rings is 1. The molecule has 0 amide bonds. The van der Waals surface area contributed by atoms with Gasteiger partial charge in [0.1, 0.15) is 5.75 Å². The van der Waals surface area contributed by atoms with Crippen LogP contribution in [0.4, 0.5) is 11.7 Å². The summed E-state index contributed by atoms with van der Waals surface area (Å²) < 4.78 is 10.7. The summed E-state index contributed by atoms with van der Waals surface area (Å²) in [6.45, 7) is 6.96. The standard InChI is InChI=1S/C21H24N4O2/c1-15-4-8-18(9-5-15)25-13-12-24(14-16(25)2)21-22-20(23-27-21)17-6-10-19(26-3)11-7-17/h4-11,16H,12-14H2,1-3H3/t16-/m0/s1. The zero-order valence-corrected chi connectivity index (χ0v) is 15.9. The lowest BCUT2D eigenvalue weighted by atomic mass is 10.1. The Bertz CT molecular complexity index is 889. The van der Waals surface area contributed by atoms with Crippen molar-refractivity contribution in [3.63, 3.8) is 0 Å². The van der Waals surface area contributed by atoms with E-state index in [0.717, 1.165) is 30.9 Å². The topological polar surface area (TPSA) is 54.6 Å². The molecule has 140 valence electrons. The number of ether oxygens (including phenoxy) is 1. The van der Waals surface area contributed by atoms with Gasteiger partial charge in [-0.05, 0) is 50.2 Å². The Morgan fingerprint density at radius 2 is 1.78 bits per heavy atom. The van der Waals surface area contributed by atoms with Gasteiger partial charge in [0.15, 0.2) is 0 Å². The molecule has 6 heteroatoms. The second-order valence-electron chi connectivity index (χ2n) is 6.95. The van der Waals surface area contributed by atoms with E-state index >= 15 is 0 Å². The van der Waals surface area contributed by atoms with Crippen LogP contribution in [-0.2, 0) is 0 Å². The normalized spacial score (nSPS) is 17.2. The third-order valence-corrected chi connectivity index (χ3v) is 5.03. The van der Waals surface area contributed by atoms with E-state index in [-0.39, 0.29) is 0 Å². The van der Waals surface area contributed by atoms with Crippen LogP contribution in [0.2, 0.25) is 0 Å². The molecule has 1 aliphatic heterocycles. The zero-order chi connectivity index (χ0) is 18.8. The molecule has 0 radical (unpaired) electrons. The van der Waals surface area contributed by atoms with E-state index < -0.39 is 0 Å². The van der Waals surface area contributed by atoms with Crippen LogP contribution in [0.5, 0.6) is 5.75 Å². The molecule has 1 atom stereocenters. The lowest BCUT2D eigenvalue weighted by Crippen LogP contribution is -2.52. The van der Waals surface area contributed by atoms with Gasteiger partial charge in [0.05, 0.1) is 7.11 Å². The number of anilines is 2. The molecule has 1 aromatic heterocycles. The molecule has 0 bridgehead atoms. The van der Waals surface area contributed by atoms with Gasteiger partial charge < -0.3 is 19.1 Å². The molecule has 2 heterocycles. The monoisotopic (exact) mass is 364 g/mol. The average Bonchev–Trinajstić information content (AvgIpc) is 3.19. The molecule has 0 unspecified atom stereocenters. The van der Waals surface area contributed by atoms with Crippen molar-refractivity contribution in [3.8, 4) is 17.1 Å². The Balaban J connectivity index is 1.46. The second kappa shape index (κ2) is 7.31. The number of benzene rings is 2. The van der Waals surface area contributed by atoms with E-state index in [1.54, 1.807) is 7.11 Å². The summed E-state index contributed by atoms with van der Waals surface area (Å²) in [5.41, 5.74) is 3.45. The van der Waals surface area contributed by atoms with Crippen molar-refractivity contribution in [2.24, 2.45) is 0 Å². The first-order valence-electron chi connectivity index (χ1n) is 9.20. The summed E-state index contributed by atoms with van der Waals surface area (Å²) in [4.78, 5) is 9.18. The van der Waals surface area contributed by atoms with Crippen LogP contribution in [0.25, 0.3) is 11.4 Å². The summed E-state index contributed by atoms with van der Waals surface area (Å²) in [5.74, 6) is 1.41. The number of methoxy groups -OCH3 is 1.